The zero-order valence-electron chi connectivity index (χ0n) is 14.1. The van der Waals surface area contributed by atoms with Gasteiger partial charge in [-0.2, -0.15) is 0 Å². The number of carboxylic acids is 1. The minimum Gasteiger partial charge on any atom is -0.481 e. The lowest BCUT2D eigenvalue weighted by Gasteiger charge is -2.12. The van der Waals surface area contributed by atoms with Gasteiger partial charge in [0, 0.05) is 4.88 Å². The van der Waals surface area contributed by atoms with E-state index in [1.807, 2.05) is 30.3 Å². The molecule has 5 nitrogen and oxygen atoms in total. The molecule has 0 saturated heterocycles. The monoisotopic (exact) mass is 381 g/mol. The highest BCUT2D eigenvalue weighted by atomic mass is 32.2. The molecule has 0 amide bonds. The number of benzene rings is 1. The van der Waals surface area contributed by atoms with Crippen molar-refractivity contribution in [3.05, 3.63) is 52.9 Å². The molecule has 0 radical (unpaired) electrons. The van der Waals surface area contributed by atoms with Crippen LogP contribution in [0.3, 0.4) is 0 Å². The molecule has 0 saturated carbocycles. The van der Waals surface area contributed by atoms with Gasteiger partial charge in [0.1, 0.15) is 4.21 Å². The third kappa shape index (κ3) is 5.95. The summed E-state index contributed by atoms with van der Waals surface area (Å²) in [5.74, 6) is -1.14. The first-order valence-electron chi connectivity index (χ1n) is 8.21. The number of rotatable bonds is 10. The Labute approximate surface area is 152 Å². The molecule has 7 heteroatoms. The van der Waals surface area contributed by atoms with Gasteiger partial charge in [-0.1, -0.05) is 30.3 Å². The highest BCUT2D eigenvalue weighted by Crippen LogP contribution is 2.24. The summed E-state index contributed by atoms with van der Waals surface area (Å²) in [5.41, 5.74) is 1.15. The van der Waals surface area contributed by atoms with E-state index in [9.17, 15) is 18.3 Å². The highest BCUT2D eigenvalue weighted by Gasteiger charge is 2.18. The van der Waals surface area contributed by atoms with Crippen molar-refractivity contribution in [3.8, 4) is 0 Å². The summed E-state index contributed by atoms with van der Waals surface area (Å²) in [7, 11) is -2.01. The zero-order chi connectivity index (χ0) is 18.3. The van der Waals surface area contributed by atoms with Gasteiger partial charge in [0.05, 0.1) is 5.92 Å². The van der Waals surface area contributed by atoms with Gasteiger partial charge in [0.25, 0.3) is 0 Å². The van der Waals surface area contributed by atoms with Gasteiger partial charge in [-0.15, -0.1) is 11.3 Å². The second kappa shape index (κ2) is 9.12. The maximum absolute atomic E-state index is 11.7. The molecule has 0 aliphatic heterocycles. The smallest absolute Gasteiger partial charge is 0.306 e. The lowest BCUT2D eigenvalue weighted by Crippen LogP contribution is -2.17. The Morgan fingerprint density at radius 1 is 1.12 bits per heavy atom. The Bertz CT molecular complexity index is 784. The maximum atomic E-state index is 11.7. The van der Waals surface area contributed by atoms with Crippen LogP contribution in [-0.2, 0) is 27.7 Å². The fraction of sp³-hybridized carbons (Fsp3) is 0.389. The van der Waals surface area contributed by atoms with Gasteiger partial charge in [-0.05, 0) is 56.8 Å². The van der Waals surface area contributed by atoms with Gasteiger partial charge < -0.3 is 5.11 Å². The van der Waals surface area contributed by atoms with Crippen LogP contribution in [0.5, 0.6) is 0 Å². The first-order chi connectivity index (χ1) is 11.9. The summed E-state index contributed by atoms with van der Waals surface area (Å²) in [5, 5.41) is 9.41. The first kappa shape index (κ1) is 19.6. The van der Waals surface area contributed by atoms with Gasteiger partial charge in [-0.3, -0.25) is 4.79 Å². The Balaban J connectivity index is 1.84. The fourth-order valence-electron chi connectivity index (χ4n) is 2.64. The SMILES string of the molecule is CNS(=O)(=O)c1ccc(CCCC(CCc2ccccc2)C(=O)O)s1. The number of hydrogen-bond acceptors (Lipinski definition) is 4. The van der Waals surface area contributed by atoms with Crippen LogP contribution in [0.2, 0.25) is 0 Å². The topological polar surface area (TPSA) is 83.5 Å². The van der Waals surface area contributed by atoms with Gasteiger partial charge in [0.15, 0.2) is 0 Å². The van der Waals surface area contributed by atoms with E-state index in [0.717, 1.165) is 23.3 Å². The van der Waals surface area contributed by atoms with Crippen LogP contribution in [-0.4, -0.2) is 26.5 Å². The molecule has 1 unspecified atom stereocenters. The number of aryl methyl sites for hydroxylation is 2. The molecule has 2 aromatic rings. The second-order valence-corrected chi connectivity index (χ2v) is 9.16. The van der Waals surface area contributed by atoms with Crippen LogP contribution in [0.4, 0.5) is 0 Å². The molecular formula is C18H23NO4S2. The van der Waals surface area contributed by atoms with Crippen LogP contribution < -0.4 is 4.72 Å². The molecule has 25 heavy (non-hydrogen) atoms. The van der Waals surface area contributed by atoms with Crippen molar-refractivity contribution in [3.63, 3.8) is 0 Å². The molecule has 1 atom stereocenters. The number of nitrogens with one attached hydrogen (secondary N) is 1. The van der Waals surface area contributed by atoms with Gasteiger partial charge in [-0.25, -0.2) is 13.1 Å². The van der Waals surface area contributed by atoms with E-state index in [-0.39, 0.29) is 5.92 Å². The molecule has 0 aliphatic rings. The average Bonchev–Trinajstić information content (AvgIpc) is 3.08. The summed E-state index contributed by atoms with van der Waals surface area (Å²) >= 11 is 1.24. The molecule has 1 aromatic carbocycles. The summed E-state index contributed by atoms with van der Waals surface area (Å²) in [6, 6.07) is 13.3. The normalized spacial score (nSPS) is 12.8. The van der Waals surface area contributed by atoms with Gasteiger partial charge in [0.2, 0.25) is 10.0 Å². The summed E-state index contributed by atoms with van der Waals surface area (Å²) in [6.07, 6.45) is 3.38. The molecule has 0 fully saturated rings. The van der Waals surface area contributed by atoms with Crippen molar-refractivity contribution in [1.82, 2.24) is 4.72 Å². The Kier molecular flexibility index (Phi) is 7.16. The van der Waals surface area contributed by atoms with E-state index in [2.05, 4.69) is 4.72 Å². The van der Waals surface area contributed by atoms with Crippen LogP contribution in [0, 0.1) is 5.92 Å². The molecule has 0 aliphatic carbocycles. The Morgan fingerprint density at radius 2 is 1.84 bits per heavy atom. The van der Waals surface area contributed by atoms with E-state index in [1.54, 1.807) is 12.1 Å². The van der Waals surface area contributed by atoms with Crippen molar-refractivity contribution in [2.75, 3.05) is 7.05 Å². The van der Waals surface area contributed by atoms with E-state index in [0.29, 0.717) is 23.5 Å². The van der Waals surface area contributed by atoms with E-state index >= 15 is 0 Å². The summed E-state index contributed by atoms with van der Waals surface area (Å²) < 4.78 is 26.0. The fourth-order valence-corrected chi connectivity index (χ4v) is 4.87. The lowest BCUT2D eigenvalue weighted by molar-refractivity contribution is -0.142. The summed E-state index contributed by atoms with van der Waals surface area (Å²) in [6.45, 7) is 0. The van der Waals surface area contributed by atoms with Crippen LogP contribution in [0.25, 0.3) is 0 Å². The number of thiophene rings is 1. The summed E-state index contributed by atoms with van der Waals surface area (Å²) in [4.78, 5) is 12.4. The standard InChI is InChI=1S/C18H23NO4S2/c1-19-25(22,23)17-13-12-16(24-17)9-5-8-15(18(20)21)11-10-14-6-3-2-4-7-14/h2-4,6-7,12-13,15,19H,5,8-11H2,1H3,(H,20,21). The quantitative estimate of drug-likeness (QED) is 0.661. The second-order valence-electron chi connectivity index (χ2n) is 5.88. The molecule has 136 valence electrons. The maximum Gasteiger partial charge on any atom is 0.306 e. The molecular weight excluding hydrogens is 358 g/mol. The van der Waals surface area contributed by atoms with Crippen LogP contribution in [0.15, 0.2) is 46.7 Å². The predicted octanol–water partition coefficient (Wildman–Crippen LogP) is 3.31. The Hall–Kier alpha value is -1.70. The minimum atomic E-state index is -3.40. The molecule has 1 aromatic heterocycles. The van der Waals surface area contributed by atoms with E-state index in [4.69, 9.17) is 0 Å². The number of hydrogen-bond donors (Lipinski definition) is 2. The zero-order valence-corrected chi connectivity index (χ0v) is 15.8. The van der Waals surface area contributed by atoms with Crippen LogP contribution in [0.1, 0.15) is 29.7 Å². The number of carbonyl (C=O) groups is 1. The molecule has 1 heterocycles. The van der Waals surface area contributed by atoms with Crippen LogP contribution >= 0.6 is 11.3 Å². The van der Waals surface area contributed by atoms with Crippen molar-refractivity contribution in [1.29, 1.82) is 0 Å². The molecule has 0 bridgehead atoms. The Morgan fingerprint density at radius 3 is 2.48 bits per heavy atom. The third-order valence-corrected chi connectivity index (χ3v) is 7.17. The minimum absolute atomic E-state index is 0.295. The number of sulfonamides is 1. The molecule has 2 rings (SSSR count). The van der Waals surface area contributed by atoms with Gasteiger partial charge >= 0.3 is 5.97 Å². The lowest BCUT2D eigenvalue weighted by atomic mass is 9.94. The predicted molar refractivity (Wildman–Crippen MR) is 99.4 cm³/mol. The van der Waals surface area contributed by atoms with Crippen molar-refractivity contribution in [2.45, 2.75) is 36.3 Å². The molecule has 0 spiro atoms. The number of aliphatic carboxylic acids is 1. The third-order valence-electron chi connectivity index (χ3n) is 4.12. The number of carboxylic acid groups (broad SMARTS) is 1. The van der Waals surface area contributed by atoms with E-state index < -0.39 is 16.0 Å². The average molecular weight is 382 g/mol. The van der Waals surface area contributed by atoms with E-state index in [1.165, 1.54) is 18.4 Å². The largest absolute Gasteiger partial charge is 0.481 e. The van der Waals surface area contributed by atoms with Crippen molar-refractivity contribution in [2.24, 2.45) is 5.92 Å². The molecule has 2 N–H and O–H groups in total. The highest BCUT2D eigenvalue weighted by molar-refractivity contribution is 7.91. The first-order valence-corrected chi connectivity index (χ1v) is 10.5. The van der Waals surface area contributed by atoms with Crippen molar-refractivity contribution >= 4 is 27.3 Å². The van der Waals surface area contributed by atoms with Crippen molar-refractivity contribution < 1.29 is 18.3 Å².